The first-order valence-electron chi connectivity index (χ1n) is 4.13. The Hall–Kier alpha value is -1.53. The van der Waals surface area contributed by atoms with Crippen LogP contribution in [0.2, 0.25) is 0 Å². The molecule has 0 unspecified atom stereocenters. The molecule has 1 aromatic heterocycles. The van der Waals surface area contributed by atoms with Crippen molar-refractivity contribution in [2.75, 3.05) is 6.61 Å². The summed E-state index contributed by atoms with van der Waals surface area (Å²) in [5, 5.41) is 5.28. The lowest BCUT2D eigenvalue weighted by Gasteiger charge is -1.90. The van der Waals surface area contributed by atoms with E-state index >= 15 is 0 Å². The Labute approximate surface area is 87.9 Å². The zero-order valence-electron chi connectivity index (χ0n) is 7.99. The van der Waals surface area contributed by atoms with Gasteiger partial charge in [0.2, 0.25) is 0 Å². The van der Waals surface area contributed by atoms with Crippen molar-refractivity contribution in [3.8, 4) is 11.8 Å². The molecule has 0 saturated heterocycles. The summed E-state index contributed by atoms with van der Waals surface area (Å²) >= 11 is 1.63. The molecule has 3 heteroatoms. The number of hydrogen-bond acceptors (Lipinski definition) is 3. The maximum Gasteiger partial charge on any atom is 0.136 e. The minimum atomic E-state index is 0.425. The molecule has 14 heavy (non-hydrogen) atoms. The average Bonchev–Trinajstić information content (AvgIpc) is 2.68. The summed E-state index contributed by atoms with van der Waals surface area (Å²) in [7, 11) is 0. The Morgan fingerprint density at radius 2 is 2.64 bits per heavy atom. The average molecular weight is 205 g/mol. The first-order chi connectivity index (χ1) is 6.83. The molecule has 0 aliphatic carbocycles. The Bertz CT molecular complexity index is 368. The third-order valence-corrected chi connectivity index (χ3v) is 2.24. The molecule has 72 valence electrons. The van der Waals surface area contributed by atoms with E-state index < -0.39 is 0 Å². The Morgan fingerprint density at radius 3 is 3.29 bits per heavy atom. The van der Waals surface area contributed by atoms with Gasteiger partial charge in [-0.1, -0.05) is 17.9 Å². The molecular formula is C11H11NOS. The molecule has 0 bridgehead atoms. The summed E-state index contributed by atoms with van der Waals surface area (Å²) in [4.78, 5) is 5.78. The van der Waals surface area contributed by atoms with Crippen molar-refractivity contribution in [1.82, 2.24) is 0 Å². The van der Waals surface area contributed by atoms with Gasteiger partial charge >= 0.3 is 0 Å². The molecule has 0 aromatic carbocycles. The minimum absolute atomic E-state index is 0.425. The van der Waals surface area contributed by atoms with Gasteiger partial charge < -0.3 is 4.84 Å². The van der Waals surface area contributed by atoms with Crippen LogP contribution in [0.4, 0.5) is 0 Å². The van der Waals surface area contributed by atoms with Gasteiger partial charge in [0, 0.05) is 6.72 Å². The van der Waals surface area contributed by atoms with E-state index in [-0.39, 0.29) is 0 Å². The van der Waals surface area contributed by atoms with Gasteiger partial charge in [0.15, 0.2) is 0 Å². The predicted octanol–water partition coefficient (Wildman–Crippen LogP) is 2.68. The van der Waals surface area contributed by atoms with Crippen LogP contribution in [0.15, 0.2) is 34.3 Å². The SMILES string of the molecule is C=NOCC=C(C)C#Cc1cccs1. The molecule has 0 amide bonds. The fourth-order valence-corrected chi connectivity index (χ4v) is 1.35. The second-order valence-electron chi connectivity index (χ2n) is 2.54. The topological polar surface area (TPSA) is 21.6 Å². The van der Waals surface area contributed by atoms with Gasteiger partial charge in [-0.2, -0.15) is 0 Å². The molecule has 0 radical (unpaired) electrons. The van der Waals surface area contributed by atoms with Gasteiger partial charge in [0.05, 0.1) is 4.88 Å². The van der Waals surface area contributed by atoms with Crippen LogP contribution < -0.4 is 0 Å². The van der Waals surface area contributed by atoms with Gasteiger partial charge in [-0.25, -0.2) is 0 Å². The van der Waals surface area contributed by atoms with E-state index in [2.05, 4.69) is 23.7 Å². The normalized spacial score (nSPS) is 10.2. The number of oxime groups is 1. The molecular weight excluding hydrogens is 194 g/mol. The van der Waals surface area contributed by atoms with Crippen molar-refractivity contribution < 1.29 is 4.84 Å². The fraction of sp³-hybridized carbons (Fsp3) is 0.182. The van der Waals surface area contributed by atoms with Crippen LogP contribution in [0.3, 0.4) is 0 Å². The lowest BCUT2D eigenvalue weighted by atomic mass is 10.3. The zero-order chi connectivity index (χ0) is 10.2. The van der Waals surface area contributed by atoms with Crippen LogP contribution in [0.5, 0.6) is 0 Å². The van der Waals surface area contributed by atoms with Crippen molar-refractivity contribution >= 4 is 18.1 Å². The number of nitrogens with zero attached hydrogens (tertiary/aromatic N) is 1. The van der Waals surface area contributed by atoms with Crippen molar-refractivity contribution in [1.29, 1.82) is 0 Å². The smallest absolute Gasteiger partial charge is 0.136 e. The molecule has 0 N–H and O–H groups in total. The first-order valence-corrected chi connectivity index (χ1v) is 5.01. The highest BCUT2D eigenvalue weighted by Gasteiger charge is 1.85. The molecule has 0 aliphatic rings. The van der Waals surface area contributed by atoms with E-state index in [1.54, 1.807) is 11.3 Å². The van der Waals surface area contributed by atoms with Crippen molar-refractivity contribution in [2.45, 2.75) is 6.92 Å². The summed E-state index contributed by atoms with van der Waals surface area (Å²) in [5.74, 6) is 6.07. The number of rotatable bonds is 3. The summed E-state index contributed by atoms with van der Waals surface area (Å²) in [5.41, 5.74) is 0.974. The quantitative estimate of drug-likeness (QED) is 0.322. The maximum absolute atomic E-state index is 4.71. The molecule has 0 atom stereocenters. The van der Waals surface area contributed by atoms with Gasteiger partial charge in [-0.15, -0.1) is 16.5 Å². The van der Waals surface area contributed by atoms with E-state index in [9.17, 15) is 0 Å². The molecule has 1 heterocycles. The second-order valence-corrected chi connectivity index (χ2v) is 3.49. The largest absolute Gasteiger partial charge is 0.392 e. The Kier molecular flexibility index (Phi) is 4.53. The standard InChI is InChI=1S/C11H11NOS/c1-10(7-8-13-12-2)5-6-11-4-3-9-14-11/h3-4,7,9H,2,8H2,1H3. The van der Waals surface area contributed by atoms with Crippen LogP contribution in [0.25, 0.3) is 0 Å². The molecule has 1 rings (SSSR count). The molecule has 0 fully saturated rings. The third-order valence-electron chi connectivity index (χ3n) is 1.46. The van der Waals surface area contributed by atoms with Crippen LogP contribution in [0.1, 0.15) is 11.8 Å². The Balaban J connectivity index is 2.50. The van der Waals surface area contributed by atoms with Crippen molar-refractivity contribution in [2.24, 2.45) is 5.16 Å². The fourth-order valence-electron chi connectivity index (χ4n) is 0.776. The maximum atomic E-state index is 4.71. The summed E-state index contributed by atoms with van der Waals surface area (Å²) < 4.78 is 0. The first kappa shape index (κ1) is 10.6. The van der Waals surface area contributed by atoms with E-state index in [1.807, 2.05) is 30.5 Å². The van der Waals surface area contributed by atoms with Crippen LogP contribution in [-0.4, -0.2) is 13.3 Å². The van der Waals surface area contributed by atoms with Gasteiger partial charge in [0.25, 0.3) is 0 Å². The van der Waals surface area contributed by atoms with Crippen LogP contribution >= 0.6 is 11.3 Å². The van der Waals surface area contributed by atoms with Crippen LogP contribution in [-0.2, 0) is 4.84 Å². The minimum Gasteiger partial charge on any atom is -0.392 e. The van der Waals surface area contributed by atoms with Gasteiger partial charge in [0.1, 0.15) is 6.61 Å². The predicted molar refractivity (Wildman–Crippen MR) is 60.5 cm³/mol. The van der Waals surface area contributed by atoms with Crippen molar-refractivity contribution in [3.05, 3.63) is 34.0 Å². The molecule has 2 nitrogen and oxygen atoms in total. The highest BCUT2D eigenvalue weighted by atomic mass is 32.1. The van der Waals surface area contributed by atoms with Gasteiger partial charge in [-0.05, 0) is 30.0 Å². The molecule has 1 aromatic rings. The van der Waals surface area contributed by atoms with E-state index in [4.69, 9.17) is 4.84 Å². The number of hydrogen-bond donors (Lipinski definition) is 0. The third kappa shape index (κ3) is 3.92. The Morgan fingerprint density at radius 1 is 1.79 bits per heavy atom. The molecule has 0 aliphatic heterocycles. The highest BCUT2D eigenvalue weighted by molar-refractivity contribution is 7.10. The molecule has 0 saturated carbocycles. The lowest BCUT2D eigenvalue weighted by molar-refractivity contribution is 0.177. The summed E-state index contributed by atoms with van der Waals surface area (Å²) in [6, 6.07) is 3.98. The molecule has 0 spiro atoms. The van der Waals surface area contributed by atoms with E-state index in [0.717, 1.165) is 10.5 Å². The van der Waals surface area contributed by atoms with Crippen LogP contribution in [0, 0.1) is 11.8 Å². The number of allylic oxidation sites excluding steroid dienone is 1. The summed E-state index contributed by atoms with van der Waals surface area (Å²) in [6.07, 6.45) is 1.87. The number of thiophene rings is 1. The summed E-state index contributed by atoms with van der Waals surface area (Å²) in [6.45, 7) is 5.57. The van der Waals surface area contributed by atoms with Gasteiger partial charge in [-0.3, -0.25) is 0 Å². The lowest BCUT2D eigenvalue weighted by Crippen LogP contribution is -1.82. The monoisotopic (exact) mass is 205 g/mol. The van der Waals surface area contributed by atoms with E-state index in [0.29, 0.717) is 6.61 Å². The second kappa shape index (κ2) is 6.01. The zero-order valence-corrected chi connectivity index (χ0v) is 8.80. The van der Waals surface area contributed by atoms with E-state index in [1.165, 1.54) is 0 Å². The highest BCUT2D eigenvalue weighted by Crippen LogP contribution is 2.06. The van der Waals surface area contributed by atoms with Crippen molar-refractivity contribution in [3.63, 3.8) is 0 Å².